The maximum Gasteiger partial charge on any atom is 0.408 e. The van der Waals surface area contributed by atoms with Crippen molar-refractivity contribution in [2.45, 2.75) is 76.2 Å². The van der Waals surface area contributed by atoms with Crippen molar-refractivity contribution in [3.63, 3.8) is 0 Å². The van der Waals surface area contributed by atoms with Crippen molar-refractivity contribution in [2.75, 3.05) is 6.61 Å². The molecule has 372 valence electrons. The first-order chi connectivity index (χ1) is 35.0. The smallest absolute Gasteiger partial charge is 0.408 e. The Labute approximate surface area is 415 Å². The van der Waals surface area contributed by atoms with Crippen LogP contribution in [0.25, 0.3) is 10.9 Å². The summed E-state index contributed by atoms with van der Waals surface area (Å²) in [5, 5.41) is 14.4. The number of nitrogens with zero attached hydrogens (tertiary/aromatic N) is 1. The summed E-state index contributed by atoms with van der Waals surface area (Å²) in [7, 11) is 0. The van der Waals surface area contributed by atoms with Crippen LogP contribution in [0.15, 0.2) is 158 Å². The molecule has 0 bridgehead atoms. The average molecular weight is 976 g/mol. The van der Waals surface area contributed by atoms with E-state index in [1.807, 2.05) is 91.0 Å². The molecule has 0 fully saturated rings. The normalized spacial score (nSPS) is 13.1. The lowest BCUT2D eigenvalue weighted by atomic mass is 10.0. The third-order valence-electron chi connectivity index (χ3n) is 11.6. The Hall–Kier alpha value is -8.77. The van der Waals surface area contributed by atoms with Gasteiger partial charge >= 0.3 is 6.09 Å². The van der Waals surface area contributed by atoms with Gasteiger partial charge in [0.25, 0.3) is 0 Å². The number of amides is 6. The summed E-state index contributed by atoms with van der Waals surface area (Å²) in [6.45, 7) is 1.39. The van der Waals surface area contributed by atoms with Gasteiger partial charge in [-0.2, -0.15) is 0 Å². The van der Waals surface area contributed by atoms with Crippen LogP contribution in [-0.4, -0.2) is 87.4 Å². The number of para-hydroxylation sites is 1. The molecule has 72 heavy (non-hydrogen) atoms. The number of imidazole rings is 1. The van der Waals surface area contributed by atoms with Crippen molar-refractivity contribution in [3.8, 4) is 5.75 Å². The zero-order valence-electron chi connectivity index (χ0n) is 39.5. The summed E-state index contributed by atoms with van der Waals surface area (Å²) in [6, 6.07) is 35.9. The van der Waals surface area contributed by atoms with Crippen LogP contribution in [0.2, 0.25) is 0 Å². The largest absolute Gasteiger partial charge is 0.489 e. The fourth-order valence-corrected chi connectivity index (χ4v) is 7.62. The van der Waals surface area contributed by atoms with Crippen molar-refractivity contribution in [3.05, 3.63) is 192 Å². The molecule has 0 unspecified atom stereocenters. The number of fused-ring (bicyclic) bond motifs is 1. The number of ether oxygens (including phenoxy) is 3. The number of carbonyl (C=O) groups excluding carboxylic acids is 6. The van der Waals surface area contributed by atoms with E-state index in [2.05, 4.69) is 41.5 Å². The van der Waals surface area contributed by atoms with Gasteiger partial charge in [0, 0.05) is 48.3 Å². The van der Waals surface area contributed by atoms with Crippen molar-refractivity contribution in [1.82, 2.24) is 41.5 Å². The second kappa shape index (κ2) is 25.7. The summed E-state index contributed by atoms with van der Waals surface area (Å²) >= 11 is 0. The first-order valence-electron chi connectivity index (χ1n) is 23.3. The SMILES string of the molecule is C[C@@H](NC(=O)[C@H](Cc1c[nH]c2ccccc12)NC(=O)[C@H](COCc1ccccc1)NC(=O)[C@@H](Cc1ccc(OCc2ccccc2)cc1)NC(=O)[C@H](Cc1cnc[nH]1)NC(=O)OCc1ccccc1)C(N)=O. The molecule has 0 aliphatic rings. The number of aromatic nitrogens is 3. The minimum Gasteiger partial charge on any atom is -0.489 e. The Morgan fingerprint density at radius 3 is 1.72 bits per heavy atom. The lowest BCUT2D eigenvalue weighted by molar-refractivity contribution is -0.135. The summed E-state index contributed by atoms with van der Waals surface area (Å²) in [5.74, 6) is -3.25. The van der Waals surface area contributed by atoms with E-state index in [-0.39, 0.29) is 39.1 Å². The molecule has 0 saturated heterocycles. The lowest BCUT2D eigenvalue weighted by Gasteiger charge is -2.27. The molecule has 0 saturated carbocycles. The predicted octanol–water partition coefficient (Wildman–Crippen LogP) is 4.45. The molecule has 18 nitrogen and oxygen atoms in total. The first-order valence-corrected chi connectivity index (χ1v) is 23.3. The predicted molar refractivity (Wildman–Crippen MR) is 267 cm³/mol. The number of H-pyrrole nitrogens is 2. The fourth-order valence-electron chi connectivity index (χ4n) is 7.62. The molecular formula is C54H57N9O9. The van der Waals surface area contributed by atoms with E-state index >= 15 is 0 Å². The first kappa shape index (κ1) is 51.1. The second-order valence-electron chi connectivity index (χ2n) is 17.0. The van der Waals surface area contributed by atoms with Gasteiger partial charge in [0.1, 0.15) is 49.2 Å². The van der Waals surface area contributed by atoms with Gasteiger partial charge < -0.3 is 56.5 Å². The Morgan fingerprint density at radius 1 is 0.556 bits per heavy atom. The van der Waals surface area contributed by atoms with Crippen molar-refractivity contribution in [1.29, 1.82) is 0 Å². The summed E-state index contributed by atoms with van der Waals surface area (Å²) < 4.78 is 17.5. The van der Waals surface area contributed by atoms with Gasteiger partial charge in [0.2, 0.25) is 29.5 Å². The second-order valence-corrected chi connectivity index (χ2v) is 17.0. The highest BCUT2D eigenvalue weighted by atomic mass is 16.5. The average Bonchev–Trinajstić information content (AvgIpc) is 4.08. The third kappa shape index (κ3) is 15.4. The Bertz CT molecular complexity index is 2860. The number of hydrogen-bond acceptors (Lipinski definition) is 10. The molecule has 5 atom stereocenters. The van der Waals surface area contributed by atoms with Crippen LogP contribution in [0.1, 0.15) is 40.4 Å². The minimum atomic E-state index is -1.44. The quantitative estimate of drug-likeness (QED) is 0.0399. The number of primary amides is 1. The van der Waals surface area contributed by atoms with E-state index in [1.54, 1.807) is 54.7 Å². The molecule has 18 heteroatoms. The summed E-state index contributed by atoms with van der Waals surface area (Å²) in [5.41, 5.74) is 10.6. The van der Waals surface area contributed by atoms with Gasteiger partial charge in [0.05, 0.1) is 19.5 Å². The topological polar surface area (TPSA) is 261 Å². The van der Waals surface area contributed by atoms with E-state index in [4.69, 9.17) is 19.9 Å². The van der Waals surface area contributed by atoms with Gasteiger partial charge in [-0.15, -0.1) is 0 Å². The molecule has 0 aliphatic heterocycles. The van der Waals surface area contributed by atoms with Crippen LogP contribution < -0.4 is 37.1 Å². The number of hydrogen-bond donors (Lipinski definition) is 8. The molecule has 0 spiro atoms. The number of rotatable bonds is 25. The fraction of sp³-hybridized carbons (Fsp3) is 0.241. The van der Waals surface area contributed by atoms with Crippen LogP contribution in [0, 0.1) is 0 Å². The highest BCUT2D eigenvalue weighted by Crippen LogP contribution is 2.20. The number of nitrogens with two attached hydrogens (primary N) is 1. The Balaban J connectivity index is 1.15. The Kier molecular flexibility index (Phi) is 18.3. The van der Waals surface area contributed by atoms with Crippen molar-refractivity contribution >= 4 is 46.5 Å². The molecule has 6 amide bonds. The van der Waals surface area contributed by atoms with Gasteiger partial charge in [-0.3, -0.25) is 24.0 Å². The van der Waals surface area contributed by atoms with Crippen molar-refractivity contribution in [2.24, 2.45) is 5.73 Å². The number of alkyl carbamates (subject to hydrolysis) is 1. The highest BCUT2D eigenvalue weighted by Gasteiger charge is 2.33. The number of aromatic amines is 2. The molecule has 0 radical (unpaired) electrons. The number of nitrogens with one attached hydrogen (secondary N) is 7. The lowest BCUT2D eigenvalue weighted by Crippen LogP contribution is -2.60. The zero-order chi connectivity index (χ0) is 50.7. The minimum absolute atomic E-state index is 0.0130. The third-order valence-corrected chi connectivity index (χ3v) is 11.6. The van der Waals surface area contributed by atoms with E-state index in [9.17, 15) is 28.8 Å². The van der Waals surface area contributed by atoms with Crippen LogP contribution >= 0.6 is 0 Å². The molecular weight excluding hydrogens is 919 g/mol. The maximum atomic E-state index is 14.8. The standard InChI is InChI=1S/C54H57N9O9/c1-35(49(55)64)59-50(65)46(26-40-28-57-44-20-12-11-19-43(40)44)61-53(68)48(33-70-30-37-13-5-2-6-14-37)62-51(66)45(25-36-21-23-42(24-22-36)71-31-38-15-7-3-8-16-38)60-52(67)47(27-41-29-56-34-58-41)63-54(69)72-32-39-17-9-4-10-18-39/h2-24,28-29,34-35,45-48,57H,25-27,30-33H2,1H3,(H2,55,64)(H,56,58)(H,59,65)(H,60,67)(H,61,68)(H,62,66)(H,63,69)/t35-,45-,46+,47+,48+/m1/s1. The molecule has 7 aromatic rings. The van der Waals surface area contributed by atoms with Crippen LogP contribution in [-0.2, 0) is 72.5 Å². The molecule has 2 heterocycles. The molecule has 9 N–H and O–H groups in total. The molecule has 0 aliphatic carbocycles. The zero-order valence-corrected chi connectivity index (χ0v) is 39.5. The molecule has 5 aromatic carbocycles. The van der Waals surface area contributed by atoms with E-state index < -0.39 is 65.8 Å². The molecule has 2 aromatic heterocycles. The van der Waals surface area contributed by atoms with Gasteiger partial charge in [-0.1, -0.05) is 121 Å². The van der Waals surface area contributed by atoms with Crippen LogP contribution in [0.5, 0.6) is 5.75 Å². The molecule has 7 rings (SSSR count). The highest BCUT2D eigenvalue weighted by molar-refractivity contribution is 5.97. The number of carbonyl (C=O) groups is 6. The van der Waals surface area contributed by atoms with E-state index in [1.165, 1.54) is 19.4 Å². The monoisotopic (exact) mass is 975 g/mol. The van der Waals surface area contributed by atoms with Crippen molar-refractivity contribution < 1.29 is 43.0 Å². The van der Waals surface area contributed by atoms with Crippen LogP contribution in [0.4, 0.5) is 4.79 Å². The van der Waals surface area contributed by atoms with Crippen LogP contribution in [0.3, 0.4) is 0 Å². The van der Waals surface area contributed by atoms with E-state index in [0.717, 1.165) is 27.6 Å². The van der Waals surface area contributed by atoms with Gasteiger partial charge in [-0.05, 0) is 52.9 Å². The van der Waals surface area contributed by atoms with Gasteiger partial charge in [-0.25, -0.2) is 9.78 Å². The van der Waals surface area contributed by atoms with E-state index in [0.29, 0.717) is 29.2 Å². The number of benzene rings is 5. The summed E-state index contributed by atoms with van der Waals surface area (Å²) in [6.07, 6.45) is 3.63. The Morgan fingerprint density at radius 2 is 1.10 bits per heavy atom. The van der Waals surface area contributed by atoms with Gasteiger partial charge in [0.15, 0.2) is 0 Å². The summed E-state index contributed by atoms with van der Waals surface area (Å²) in [4.78, 5) is 93.1. The maximum absolute atomic E-state index is 14.8.